The van der Waals surface area contributed by atoms with E-state index >= 15 is 0 Å². The minimum Gasteiger partial charge on any atom is -0.456 e. The molecule has 1 N–H and O–H groups in total. The predicted octanol–water partition coefficient (Wildman–Crippen LogP) is 2.57. The van der Waals surface area contributed by atoms with E-state index in [0.29, 0.717) is 30.4 Å². The van der Waals surface area contributed by atoms with E-state index in [0.717, 1.165) is 16.2 Å². The average Bonchev–Trinajstić information content (AvgIpc) is 3.29. The lowest BCUT2D eigenvalue weighted by Gasteiger charge is -2.14. The fraction of sp³-hybridized carbons (Fsp3) is 0.211. The van der Waals surface area contributed by atoms with Crippen molar-refractivity contribution in [2.24, 2.45) is 7.05 Å². The number of likely N-dealkylation sites (N-methyl/N-ethyl adjacent to an activating group) is 1. The summed E-state index contributed by atoms with van der Waals surface area (Å²) in [6.45, 7) is 0.864. The number of carbonyl (C=O) groups is 2. The number of rotatable bonds is 4. The molecule has 0 bridgehead atoms. The number of carbonyl (C=O) groups excluding carboxylic acids is 2. The molecule has 10 nitrogen and oxygen atoms in total. The minimum atomic E-state index is -0.504. The van der Waals surface area contributed by atoms with Gasteiger partial charge in [-0.15, -0.1) is 0 Å². The molecule has 0 aliphatic carbocycles. The highest BCUT2D eigenvalue weighted by atomic mass is 16.5. The van der Waals surface area contributed by atoms with E-state index in [1.54, 1.807) is 42.3 Å². The topological polar surface area (TPSA) is 105 Å². The summed E-state index contributed by atoms with van der Waals surface area (Å²) in [4.78, 5) is 35.2. The van der Waals surface area contributed by atoms with Crippen LogP contribution < -0.4 is 10.1 Å². The Labute approximate surface area is 166 Å². The van der Waals surface area contributed by atoms with Gasteiger partial charge in [0.2, 0.25) is 0 Å². The molecule has 0 aromatic carbocycles. The van der Waals surface area contributed by atoms with Gasteiger partial charge in [-0.1, -0.05) is 0 Å². The van der Waals surface area contributed by atoms with Crippen LogP contribution in [-0.2, 0) is 7.05 Å². The van der Waals surface area contributed by atoms with Gasteiger partial charge in [0.15, 0.2) is 0 Å². The lowest BCUT2D eigenvalue weighted by Crippen LogP contribution is -2.38. The maximum atomic E-state index is 12.2. The van der Waals surface area contributed by atoms with Crippen LogP contribution in [0.4, 0.5) is 15.4 Å². The zero-order chi connectivity index (χ0) is 20.4. The van der Waals surface area contributed by atoms with E-state index < -0.39 is 6.03 Å². The maximum Gasteiger partial charge on any atom is 0.331 e. The van der Waals surface area contributed by atoms with E-state index in [2.05, 4.69) is 20.4 Å². The van der Waals surface area contributed by atoms with Crippen LogP contribution in [0.2, 0.25) is 0 Å². The first-order valence-corrected chi connectivity index (χ1v) is 8.92. The molecule has 29 heavy (non-hydrogen) atoms. The smallest absolute Gasteiger partial charge is 0.331 e. The molecule has 4 heterocycles. The second-order valence-corrected chi connectivity index (χ2v) is 6.55. The lowest BCUT2D eigenvalue weighted by molar-refractivity contribution is 0.195. The molecule has 4 amide bonds. The molecule has 0 saturated carbocycles. The van der Waals surface area contributed by atoms with Crippen molar-refractivity contribution in [2.75, 3.05) is 25.5 Å². The number of hydrogen-bond acceptors (Lipinski definition) is 6. The van der Waals surface area contributed by atoms with Crippen LogP contribution in [0.5, 0.6) is 11.5 Å². The number of anilines is 1. The number of amides is 4. The monoisotopic (exact) mass is 393 g/mol. The normalized spacial score (nSPS) is 13.7. The van der Waals surface area contributed by atoms with Gasteiger partial charge in [-0.2, -0.15) is 5.10 Å². The standard InChI is InChI=1S/C19H19N7O3/c1-24-7-8-26(19(24)28)18(27)23-17-4-3-15(11-21-17)29-14-5-6-20-16(9-14)13-10-22-25(2)12-13/h3-6,9-12H,7-8H2,1-2H3,(H,21,23,27). The third-order valence-corrected chi connectivity index (χ3v) is 4.40. The van der Waals surface area contributed by atoms with Crippen LogP contribution in [0.1, 0.15) is 0 Å². The molecule has 148 valence electrons. The summed E-state index contributed by atoms with van der Waals surface area (Å²) < 4.78 is 7.53. The molecule has 3 aromatic rings. The van der Waals surface area contributed by atoms with Crippen molar-refractivity contribution in [1.29, 1.82) is 0 Å². The zero-order valence-electron chi connectivity index (χ0n) is 15.9. The van der Waals surface area contributed by atoms with Crippen molar-refractivity contribution in [2.45, 2.75) is 0 Å². The van der Waals surface area contributed by atoms with Gasteiger partial charge < -0.3 is 9.64 Å². The molecule has 0 atom stereocenters. The fourth-order valence-corrected chi connectivity index (χ4v) is 2.85. The van der Waals surface area contributed by atoms with E-state index in [9.17, 15) is 9.59 Å². The first-order chi connectivity index (χ1) is 14.0. The molecule has 10 heteroatoms. The van der Waals surface area contributed by atoms with Crippen molar-refractivity contribution in [3.8, 4) is 22.8 Å². The molecule has 1 aliphatic heterocycles. The first-order valence-electron chi connectivity index (χ1n) is 8.92. The number of hydrogen-bond donors (Lipinski definition) is 1. The number of aromatic nitrogens is 4. The van der Waals surface area contributed by atoms with Crippen molar-refractivity contribution < 1.29 is 14.3 Å². The van der Waals surface area contributed by atoms with Crippen LogP contribution in [0.25, 0.3) is 11.3 Å². The second kappa shape index (κ2) is 7.58. The molecule has 0 spiro atoms. The summed E-state index contributed by atoms with van der Waals surface area (Å²) in [6.07, 6.45) is 6.75. The molecule has 3 aromatic heterocycles. The van der Waals surface area contributed by atoms with Crippen molar-refractivity contribution in [1.82, 2.24) is 29.5 Å². The number of ether oxygens (including phenoxy) is 1. The van der Waals surface area contributed by atoms with E-state index in [1.807, 2.05) is 19.3 Å². The van der Waals surface area contributed by atoms with Gasteiger partial charge in [0, 0.05) is 51.2 Å². The van der Waals surface area contributed by atoms with Gasteiger partial charge in [0.1, 0.15) is 17.3 Å². The molecular weight excluding hydrogens is 374 g/mol. The zero-order valence-corrected chi connectivity index (χ0v) is 15.9. The van der Waals surface area contributed by atoms with Crippen LogP contribution in [0.3, 0.4) is 0 Å². The fourth-order valence-electron chi connectivity index (χ4n) is 2.85. The number of urea groups is 2. The number of imide groups is 1. The van der Waals surface area contributed by atoms with Gasteiger partial charge >= 0.3 is 12.1 Å². The van der Waals surface area contributed by atoms with Crippen LogP contribution in [0.15, 0.2) is 49.1 Å². The van der Waals surface area contributed by atoms with Gasteiger partial charge in [-0.3, -0.25) is 15.0 Å². The van der Waals surface area contributed by atoms with Gasteiger partial charge in [-0.05, 0) is 18.2 Å². The van der Waals surface area contributed by atoms with Crippen LogP contribution in [0, 0.1) is 0 Å². The highest BCUT2D eigenvalue weighted by Crippen LogP contribution is 2.25. The Bertz CT molecular complexity index is 1050. The largest absolute Gasteiger partial charge is 0.456 e. The Kier molecular flexibility index (Phi) is 4.82. The van der Waals surface area contributed by atoms with E-state index in [-0.39, 0.29) is 6.03 Å². The van der Waals surface area contributed by atoms with Crippen molar-refractivity contribution in [3.05, 3.63) is 49.1 Å². The molecule has 0 radical (unpaired) electrons. The molecule has 1 fully saturated rings. The van der Waals surface area contributed by atoms with Gasteiger partial charge in [-0.25, -0.2) is 19.5 Å². The average molecular weight is 393 g/mol. The molecular formula is C19H19N7O3. The molecule has 1 aliphatic rings. The molecule has 4 rings (SSSR count). The highest BCUT2D eigenvalue weighted by molar-refractivity contribution is 6.01. The SMILES string of the molecule is CN1CCN(C(=O)Nc2ccc(Oc3ccnc(-c4cnn(C)c4)c3)cn2)C1=O. The van der Waals surface area contributed by atoms with Crippen LogP contribution >= 0.6 is 0 Å². The summed E-state index contributed by atoms with van der Waals surface area (Å²) in [5.41, 5.74) is 1.63. The third-order valence-electron chi connectivity index (χ3n) is 4.40. The lowest BCUT2D eigenvalue weighted by atomic mass is 10.2. The third kappa shape index (κ3) is 4.00. The number of nitrogens with one attached hydrogen (secondary N) is 1. The van der Waals surface area contributed by atoms with Crippen LogP contribution in [-0.4, -0.2) is 61.7 Å². The summed E-state index contributed by atoms with van der Waals surface area (Å²) in [7, 11) is 3.49. The van der Waals surface area contributed by atoms with E-state index in [4.69, 9.17) is 4.74 Å². The highest BCUT2D eigenvalue weighted by Gasteiger charge is 2.30. The number of aryl methyl sites for hydroxylation is 1. The van der Waals surface area contributed by atoms with Crippen molar-refractivity contribution >= 4 is 17.9 Å². The number of nitrogens with zero attached hydrogens (tertiary/aromatic N) is 6. The van der Waals surface area contributed by atoms with Gasteiger partial charge in [0.25, 0.3) is 0 Å². The predicted molar refractivity (Wildman–Crippen MR) is 105 cm³/mol. The molecule has 0 unspecified atom stereocenters. The summed E-state index contributed by atoms with van der Waals surface area (Å²) in [6, 6.07) is 6.01. The maximum absolute atomic E-state index is 12.2. The Morgan fingerprint density at radius 3 is 2.62 bits per heavy atom. The summed E-state index contributed by atoms with van der Waals surface area (Å²) in [5.74, 6) is 1.43. The van der Waals surface area contributed by atoms with Gasteiger partial charge in [0.05, 0.1) is 18.1 Å². The Balaban J connectivity index is 1.41. The Morgan fingerprint density at radius 1 is 1.10 bits per heavy atom. The molecule has 1 saturated heterocycles. The van der Waals surface area contributed by atoms with E-state index in [1.165, 1.54) is 11.1 Å². The first kappa shape index (κ1) is 18.4. The summed E-state index contributed by atoms with van der Waals surface area (Å²) in [5, 5.41) is 6.75. The minimum absolute atomic E-state index is 0.329. The quantitative estimate of drug-likeness (QED) is 0.730. The summed E-state index contributed by atoms with van der Waals surface area (Å²) >= 11 is 0. The second-order valence-electron chi connectivity index (χ2n) is 6.55. The van der Waals surface area contributed by atoms with Crippen molar-refractivity contribution in [3.63, 3.8) is 0 Å². The number of pyridine rings is 2. The Morgan fingerprint density at radius 2 is 1.97 bits per heavy atom. The Hall–Kier alpha value is -3.95.